The van der Waals surface area contributed by atoms with Crippen molar-refractivity contribution in [2.24, 2.45) is 0 Å². The largest absolute Gasteiger partial charge is 0.311 e. The average Bonchev–Trinajstić information content (AvgIpc) is 3.01. The molecule has 3 nitrogen and oxygen atoms in total. The SMILES string of the molecule is CCN1CCC2(CC1)CN(C(=O)CCc1ccccc1)c1ccc(C)cc12. The molecule has 3 heteroatoms. The van der Waals surface area contributed by atoms with Gasteiger partial charge in [-0.15, -0.1) is 0 Å². The highest BCUT2D eigenvalue weighted by Crippen LogP contribution is 2.47. The van der Waals surface area contributed by atoms with Crippen LogP contribution < -0.4 is 4.90 Å². The Kier molecular flexibility index (Phi) is 5.05. The highest BCUT2D eigenvalue weighted by atomic mass is 16.2. The molecule has 0 saturated carbocycles. The summed E-state index contributed by atoms with van der Waals surface area (Å²) < 4.78 is 0. The molecule has 0 aliphatic carbocycles. The van der Waals surface area contributed by atoms with Gasteiger partial charge in [-0.25, -0.2) is 0 Å². The minimum absolute atomic E-state index is 0.148. The van der Waals surface area contributed by atoms with E-state index in [1.54, 1.807) is 0 Å². The van der Waals surface area contributed by atoms with Crippen molar-refractivity contribution in [1.82, 2.24) is 4.90 Å². The van der Waals surface area contributed by atoms with Crippen LogP contribution in [-0.4, -0.2) is 37.0 Å². The second-order valence-electron chi connectivity index (χ2n) is 8.20. The second kappa shape index (κ2) is 7.47. The number of aryl methyl sites for hydroxylation is 2. The minimum atomic E-state index is 0.148. The Bertz CT molecular complexity index is 806. The Balaban J connectivity index is 1.55. The van der Waals surface area contributed by atoms with Gasteiger partial charge < -0.3 is 9.80 Å². The molecule has 1 spiro atoms. The van der Waals surface area contributed by atoms with Crippen LogP contribution in [0.2, 0.25) is 0 Å². The van der Waals surface area contributed by atoms with Gasteiger partial charge in [-0.1, -0.05) is 55.0 Å². The lowest BCUT2D eigenvalue weighted by Gasteiger charge is -2.39. The zero-order valence-electron chi connectivity index (χ0n) is 16.6. The van der Waals surface area contributed by atoms with Crippen molar-refractivity contribution in [3.8, 4) is 0 Å². The topological polar surface area (TPSA) is 23.6 Å². The van der Waals surface area contributed by atoms with Gasteiger partial charge in [0, 0.05) is 24.1 Å². The number of rotatable bonds is 4. The molecule has 4 rings (SSSR count). The Labute approximate surface area is 163 Å². The van der Waals surface area contributed by atoms with E-state index < -0.39 is 0 Å². The zero-order valence-corrected chi connectivity index (χ0v) is 16.6. The molecule has 27 heavy (non-hydrogen) atoms. The first-order valence-electron chi connectivity index (χ1n) is 10.3. The normalized spacial score (nSPS) is 18.7. The van der Waals surface area contributed by atoms with E-state index >= 15 is 0 Å². The van der Waals surface area contributed by atoms with Gasteiger partial charge in [0.1, 0.15) is 0 Å². The molecule has 2 aliphatic heterocycles. The van der Waals surface area contributed by atoms with Crippen LogP contribution in [0.3, 0.4) is 0 Å². The maximum absolute atomic E-state index is 13.1. The zero-order chi connectivity index (χ0) is 18.9. The van der Waals surface area contributed by atoms with Crippen LogP contribution in [0.1, 0.15) is 42.9 Å². The van der Waals surface area contributed by atoms with Gasteiger partial charge in [-0.05, 0) is 63.0 Å². The Morgan fingerprint density at radius 1 is 1.07 bits per heavy atom. The number of hydrogen-bond acceptors (Lipinski definition) is 2. The molecule has 0 radical (unpaired) electrons. The molecule has 0 unspecified atom stereocenters. The van der Waals surface area contributed by atoms with Crippen LogP contribution in [0.15, 0.2) is 48.5 Å². The van der Waals surface area contributed by atoms with E-state index in [2.05, 4.69) is 54.0 Å². The smallest absolute Gasteiger partial charge is 0.227 e. The Morgan fingerprint density at radius 3 is 2.52 bits per heavy atom. The number of anilines is 1. The molecule has 2 heterocycles. The maximum Gasteiger partial charge on any atom is 0.227 e. The summed E-state index contributed by atoms with van der Waals surface area (Å²) in [4.78, 5) is 17.7. The van der Waals surface area contributed by atoms with Crippen LogP contribution >= 0.6 is 0 Å². The van der Waals surface area contributed by atoms with Gasteiger partial charge in [0.05, 0.1) is 0 Å². The van der Waals surface area contributed by atoms with Gasteiger partial charge in [-0.2, -0.15) is 0 Å². The highest BCUT2D eigenvalue weighted by Gasteiger charge is 2.45. The van der Waals surface area contributed by atoms with E-state index in [1.807, 2.05) is 18.2 Å². The van der Waals surface area contributed by atoms with Crippen LogP contribution in [0.5, 0.6) is 0 Å². The molecule has 2 aromatic carbocycles. The van der Waals surface area contributed by atoms with E-state index in [4.69, 9.17) is 0 Å². The molecule has 2 aliphatic rings. The van der Waals surface area contributed by atoms with Gasteiger partial charge in [0.15, 0.2) is 0 Å². The van der Waals surface area contributed by atoms with E-state index in [0.29, 0.717) is 6.42 Å². The van der Waals surface area contributed by atoms with Gasteiger partial charge in [0.2, 0.25) is 5.91 Å². The number of hydrogen-bond donors (Lipinski definition) is 0. The molecular weight excluding hydrogens is 332 g/mol. The van der Waals surface area contributed by atoms with E-state index in [-0.39, 0.29) is 11.3 Å². The summed E-state index contributed by atoms with van der Waals surface area (Å²) in [6.45, 7) is 8.65. The Hall–Kier alpha value is -2.13. The fraction of sp³-hybridized carbons (Fsp3) is 0.458. The second-order valence-corrected chi connectivity index (χ2v) is 8.20. The average molecular weight is 363 g/mol. The molecule has 2 aromatic rings. The van der Waals surface area contributed by atoms with E-state index in [1.165, 1.54) is 16.7 Å². The minimum Gasteiger partial charge on any atom is -0.311 e. The predicted molar refractivity (Wildman–Crippen MR) is 111 cm³/mol. The van der Waals surface area contributed by atoms with Crippen molar-refractivity contribution in [2.45, 2.75) is 44.9 Å². The molecule has 1 amide bonds. The van der Waals surface area contributed by atoms with Crippen molar-refractivity contribution >= 4 is 11.6 Å². The lowest BCUT2D eigenvalue weighted by molar-refractivity contribution is -0.118. The molecule has 1 fully saturated rings. The van der Waals surface area contributed by atoms with Crippen molar-refractivity contribution < 1.29 is 4.79 Å². The van der Waals surface area contributed by atoms with Crippen molar-refractivity contribution in [3.63, 3.8) is 0 Å². The Morgan fingerprint density at radius 2 is 1.81 bits per heavy atom. The number of likely N-dealkylation sites (tertiary alicyclic amines) is 1. The first-order valence-corrected chi connectivity index (χ1v) is 10.3. The standard InChI is InChI=1S/C24H30N2O/c1-3-25-15-13-24(14-16-25)18-26(22-11-9-19(2)17-21(22)24)23(27)12-10-20-7-5-4-6-8-20/h4-9,11,17H,3,10,12-16,18H2,1-2H3. The molecule has 1 saturated heterocycles. The predicted octanol–water partition coefficient (Wildman–Crippen LogP) is 4.33. The summed E-state index contributed by atoms with van der Waals surface area (Å²) in [5.41, 5.74) is 5.25. The quantitative estimate of drug-likeness (QED) is 0.808. The molecule has 142 valence electrons. The number of fused-ring (bicyclic) bond motifs is 2. The summed E-state index contributed by atoms with van der Waals surface area (Å²) in [5, 5.41) is 0. The number of amides is 1. The first-order chi connectivity index (χ1) is 13.1. The fourth-order valence-corrected chi connectivity index (χ4v) is 4.76. The monoisotopic (exact) mass is 362 g/mol. The van der Waals surface area contributed by atoms with Gasteiger partial charge in [-0.3, -0.25) is 4.79 Å². The van der Waals surface area contributed by atoms with Crippen LogP contribution in [-0.2, 0) is 16.6 Å². The highest BCUT2D eigenvalue weighted by molar-refractivity contribution is 5.96. The lowest BCUT2D eigenvalue weighted by atomic mass is 9.74. The number of piperidine rings is 1. The first kappa shape index (κ1) is 18.2. The summed E-state index contributed by atoms with van der Waals surface area (Å²) in [7, 11) is 0. The summed E-state index contributed by atoms with van der Waals surface area (Å²) in [5.74, 6) is 0.263. The van der Waals surface area contributed by atoms with Crippen LogP contribution in [0.25, 0.3) is 0 Å². The van der Waals surface area contributed by atoms with E-state index in [0.717, 1.165) is 51.1 Å². The number of nitrogens with zero attached hydrogens (tertiary/aromatic N) is 2. The van der Waals surface area contributed by atoms with Crippen molar-refractivity contribution in [1.29, 1.82) is 0 Å². The number of benzene rings is 2. The number of carbonyl (C=O) groups is 1. The van der Waals surface area contributed by atoms with Gasteiger partial charge in [0.25, 0.3) is 0 Å². The fourth-order valence-electron chi connectivity index (χ4n) is 4.76. The summed E-state index contributed by atoms with van der Waals surface area (Å²) >= 11 is 0. The summed E-state index contributed by atoms with van der Waals surface area (Å²) in [6, 6.07) is 17.0. The third kappa shape index (κ3) is 3.53. The maximum atomic E-state index is 13.1. The van der Waals surface area contributed by atoms with Crippen LogP contribution in [0.4, 0.5) is 5.69 Å². The molecular formula is C24H30N2O. The third-order valence-electron chi connectivity index (χ3n) is 6.51. The molecule has 0 N–H and O–H groups in total. The van der Waals surface area contributed by atoms with E-state index in [9.17, 15) is 4.79 Å². The number of carbonyl (C=O) groups excluding carboxylic acids is 1. The third-order valence-corrected chi connectivity index (χ3v) is 6.51. The van der Waals surface area contributed by atoms with Crippen molar-refractivity contribution in [3.05, 3.63) is 65.2 Å². The molecule has 0 bridgehead atoms. The van der Waals surface area contributed by atoms with Gasteiger partial charge >= 0.3 is 0 Å². The van der Waals surface area contributed by atoms with Crippen LogP contribution in [0, 0.1) is 6.92 Å². The van der Waals surface area contributed by atoms with Crippen molar-refractivity contribution in [2.75, 3.05) is 31.1 Å². The summed E-state index contributed by atoms with van der Waals surface area (Å²) in [6.07, 6.45) is 3.70. The molecule has 0 aromatic heterocycles. The molecule has 0 atom stereocenters. The lowest BCUT2D eigenvalue weighted by Crippen LogP contribution is -2.46.